The number of hydrogen-bond donors (Lipinski definition) is 2. The molecule has 1 saturated heterocycles. The maximum absolute atomic E-state index is 13.8. The van der Waals surface area contributed by atoms with Crippen LogP contribution in [0, 0.1) is 17.8 Å². The first-order chi connectivity index (χ1) is 15.1. The SMILES string of the molecule is O=C(Nc1nccs1)[C@@H]1[C@@H](CO)[C@@H]2Cn3c(cccc3=O)[C@@H]2N1C(=O)C1CCCCC1. The number of carbonyl (C=O) groups excluding carboxylic acids is 2. The van der Waals surface area contributed by atoms with Gasteiger partial charge in [0.05, 0.1) is 6.04 Å². The smallest absolute Gasteiger partial charge is 0.250 e. The van der Waals surface area contributed by atoms with Crippen molar-refractivity contribution in [2.24, 2.45) is 17.8 Å². The first-order valence-electron chi connectivity index (χ1n) is 10.9. The summed E-state index contributed by atoms with van der Waals surface area (Å²) in [5.74, 6) is -1.10. The van der Waals surface area contributed by atoms with E-state index in [-0.39, 0.29) is 41.9 Å². The molecule has 5 rings (SSSR count). The van der Waals surface area contributed by atoms with Crippen molar-refractivity contribution in [3.63, 3.8) is 0 Å². The summed E-state index contributed by atoms with van der Waals surface area (Å²) < 4.78 is 1.69. The van der Waals surface area contributed by atoms with Crippen LogP contribution in [0.2, 0.25) is 0 Å². The van der Waals surface area contributed by atoms with E-state index in [0.717, 1.165) is 37.8 Å². The number of amides is 2. The molecule has 2 N–H and O–H groups in total. The monoisotopic (exact) mass is 442 g/mol. The quantitative estimate of drug-likeness (QED) is 0.754. The Labute approximate surface area is 183 Å². The van der Waals surface area contributed by atoms with Crippen LogP contribution in [0.1, 0.15) is 43.8 Å². The molecule has 0 unspecified atom stereocenters. The lowest BCUT2D eigenvalue weighted by Crippen LogP contribution is -2.50. The number of pyridine rings is 1. The van der Waals surface area contributed by atoms with Gasteiger partial charge >= 0.3 is 0 Å². The molecule has 164 valence electrons. The van der Waals surface area contributed by atoms with E-state index in [4.69, 9.17) is 0 Å². The van der Waals surface area contributed by atoms with Gasteiger partial charge in [-0.3, -0.25) is 14.4 Å². The highest BCUT2D eigenvalue weighted by Gasteiger charge is 2.57. The molecule has 2 aromatic heterocycles. The third-order valence-corrected chi connectivity index (χ3v) is 7.78. The molecular weight excluding hydrogens is 416 g/mol. The number of aliphatic hydroxyl groups excluding tert-OH is 1. The van der Waals surface area contributed by atoms with Gasteiger partial charge in [-0.15, -0.1) is 11.3 Å². The van der Waals surface area contributed by atoms with Gasteiger partial charge in [0.15, 0.2) is 5.13 Å². The zero-order valence-electron chi connectivity index (χ0n) is 17.1. The van der Waals surface area contributed by atoms with Crippen molar-refractivity contribution >= 4 is 28.3 Å². The van der Waals surface area contributed by atoms with Crippen molar-refractivity contribution in [2.45, 2.75) is 50.7 Å². The van der Waals surface area contributed by atoms with E-state index >= 15 is 0 Å². The Balaban J connectivity index is 1.56. The number of aliphatic hydroxyl groups is 1. The van der Waals surface area contributed by atoms with Gasteiger partial charge in [0.25, 0.3) is 5.56 Å². The number of nitrogens with zero attached hydrogens (tertiary/aromatic N) is 3. The average Bonchev–Trinajstić information content (AvgIpc) is 3.49. The fourth-order valence-electron chi connectivity index (χ4n) is 5.71. The molecule has 0 aromatic carbocycles. The molecule has 31 heavy (non-hydrogen) atoms. The van der Waals surface area contributed by atoms with E-state index in [1.807, 2.05) is 6.07 Å². The molecule has 2 aliphatic heterocycles. The Hall–Kier alpha value is -2.52. The molecule has 9 heteroatoms. The van der Waals surface area contributed by atoms with Crippen LogP contribution in [0.15, 0.2) is 34.6 Å². The number of anilines is 1. The first-order valence-corrected chi connectivity index (χ1v) is 11.8. The number of hydrogen-bond acceptors (Lipinski definition) is 6. The number of likely N-dealkylation sites (tertiary alicyclic amines) is 1. The van der Waals surface area contributed by atoms with Crippen molar-refractivity contribution in [1.82, 2.24) is 14.5 Å². The molecule has 4 heterocycles. The van der Waals surface area contributed by atoms with Crippen LogP contribution in [0.3, 0.4) is 0 Å². The van der Waals surface area contributed by atoms with Gasteiger partial charge in [0, 0.05) is 54.2 Å². The van der Waals surface area contributed by atoms with Crippen LogP contribution in [0.4, 0.5) is 5.13 Å². The third kappa shape index (κ3) is 3.40. The Kier molecular flexibility index (Phi) is 5.39. The van der Waals surface area contributed by atoms with Gasteiger partial charge in [-0.2, -0.15) is 0 Å². The van der Waals surface area contributed by atoms with Crippen molar-refractivity contribution in [1.29, 1.82) is 0 Å². The van der Waals surface area contributed by atoms with E-state index < -0.39 is 12.0 Å². The van der Waals surface area contributed by atoms with E-state index in [1.54, 1.807) is 27.1 Å². The van der Waals surface area contributed by atoms with Crippen molar-refractivity contribution in [2.75, 3.05) is 11.9 Å². The van der Waals surface area contributed by atoms with Crippen LogP contribution in [0.25, 0.3) is 0 Å². The predicted molar refractivity (Wildman–Crippen MR) is 115 cm³/mol. The van der Waals surface area contributed by atoms with Crippen LogP contribution in [-0.4, -0.2) is 44.0 Å². The number of fused-ring (bicyclic) bond motifs is 3. The summed E-state index contributed by atoms with van der Waals surface area (Å²) in [6, 6.07) is 3.91. The summed E-state index contributed by atoms with van der Waals surface area (Å²) in [4.78, 5) is 45.4. The minimum Gasteiger partial charge on any atom is -0.396 e. The highest BCUT2D eigenvalue weighted by Crippen LogP contribution is 2.50. The van der Waals surface area contributed by atoms with Gasteiger partial charge in [0.1, 0.15) is 6.04 Å². The van der Waals surface area contributed by atoms with Gasteiger partial charge in [0.2, 0.25) is 11.8 Å². The van der Waals surface area contributed by atoms with Crippen LogP contribution in [-0.2, 0) is 16.1 Å². The molecule has 0 bridgehead atoms. The first kappa shape index (κ1) is 20.4. The summed E-state index contributed by atoms with van der Waals surface area (Å²) in [5, 5.41) is 15.4. The topological polar surface area (TPSA) is 105 Å². The molecular formula is C22H26N4O4S. The fraction of sp³-hybridized carbons (Fsp3) is 0.545. The van der Waals surface area contributed by atoms with Crippen LogP contribution < -0.4 is 10.9 Å². The predicted octanol–water partition coefficient (Wildman–Crippen LogP) is 2.01. The maximum Gasteiger partial charge on any atom is 0.250 e. The van der Waals surface area contributed by atoms with E-state index in [9.17, 15) is 19.5 Å². The summed E-state index contributed by atoms with van der Waals surface area (Å²) in [5.41, 5.74) is 0.641. The zero-order chi connectivity index (χ0) is 21.5. The lowest BCUT2D eigenvalue weighted by molar-refractivity contribution is -0.144. The Morgan fingerprint density at radius 1 is 1.23 bits per heavy atom. The maximum atomic E-state index is 13.8. The summed E-state index contributed by atoms with van der Waals surface area (Å²) in [7, 11) is 0. The molecule has 1 aliphatic carbocycles. The van der Waals surface area contributed by atoms with Gasteiger partial charge in [-0.1, -0.05) is 25.3 Å². The molecule has 1 saturated carbocycles. The number of thiazole rings is 1. The summed E-state index contributed by atoms with van der Waals surface area (Å²) in [6.07, 6.45) is 6.39. The highest BCUT2D eigenvalue weighted by atomic mass is 32.1. The number of aromatic nitrogens is 2. The Morgan fingerprint density at radius 3 is 2.74 bits per heavy atom. The number of rotatable bonds is 4. The standard InChI is InChI=1S/C22H26N4O4S/c27-12-15-14-11-25-16(7-4-8-17(25)28)18(14)26(21(30)13-5-2-1-3-6-13)19(15)20(29)24-22-23-9-10-31-22/h4,7-10,13-15,18-19,27H,1-3,5-6,11-12H2,(H,23,24,29)/t14-,15-,18+,19-/m0/s1. The number of carbonyl (C=O) groups is 2. The molecule has 2 fully saturated rings. The lowest BCUT2D eigenvalue weighted by atomic mass is 9.87. The lowest BCUT2D eigenvalue weighted by Gasteiger charge is -2.34. The van der Waals surface area contributed by atoms with Gasteiger partial charge in [-0.05, 0) is 18.9 Å². The van der Waals surface area contributed by atoms with Gasteiger partial charge < -0.3 is 19.9 Å². The molecule has 8 nitrogen and oxygen atoms in total. The molecule has 4 atom stereocenters. The Bertz CT molecular complexity index is 1030. The third-order valence-electron chi connectivity index (χ3n) is 7.09. The van der Waals surface area contributed by atoms with E-state index in [0.29, 0.717) is 11.7 Å². The molecule has 0 spiro atoms. The van der Waals surface area contributed by atoms with Crippen LogP contribution >= 0.6 is 11.3 Å². The molecule has 3 aliphatic rings. The Morgan fingerprint density at radius 2 is 2.03 bits per heavy atom. The van der Waals surface area contributed by atoms with Crippen molar-refractivity contribution in [3.8, 4) is 0 Å². The largest absolute Gasteiger partial charge is 0.396 e. The molecule has 2 aromatic rings. The zero-order valence-corrected chi connectivity index (χ0v) is 18.0. The van der Waals surface area contributed by atoms with Gasteiger partial charge in [-0.25, -0.2) is 4.98 Å². The minimum absolute atomic E-state index is 0.0327. The second-order valence-corrected chi connectivity index (χ2v) is 9.60. The molecule has 0 radical (unpaired) electrons. The van der Waals surface area contributed by atoms with Crippen LogP contribution in [0.5, 0.6) is 0 Å². The summed E-state index contributed by atoms with van der Waals surface area (Å²) in [6.45, 7) is 0.175. The van der Waals surface area contributed by atoms with E-state index in [2.05, 4.69) is 10.3 Å². The number of nitrogens with one attached hydrogen (secondary N) is 1. The fourth-order valence-corrected chi connectivity index (χ4v) is 6.24. The average molecular weight is 443 g/mol. The normalized spacial score (nSPS) is 27.7. The van der Waals surface area contributed by atoms with Crippen molar-refractivity contribution in [3.05, 3.63) is 45.8 Å². The second kappa shape index (κ2) is 8.20. The van der Waals surface area contributed by atoms with E-state index in [1.165, 1.54) is 17.4 Å². The second-order valence-electron chi connectivity index (χ2n) is 8.71. The highest BCUT2D eigenvalue weighted by molar-refractivity contribution is 7.13. The van der Waals surface area contributed by atoms with Crippen molar-refractivity contribution < 1.29 is 14.7 Å². The molecule has 2 amide bonds. The minimum atomic E-state index is -0.789. The summed E-state index contributed by atoms with van der Waals surface area (Å²) >= 11 is 1.31.